The molecule has 1 atom stereocenters. The molecule has 1 aromatic carbocycles. The minimum atomic E-state index is -1.14. The molecule has 0 N–H and O–H groups in total. The summed E-state index contributed by atoms with van der Waals surface area (Å²) in [5, 5.41) is 4.26. The fourth-order valence-electron chi connectivity index (χ4n) is 4.19. The Balaban J connectivity index is 0.00000161. The van der Waals surface area contributed by atoms with E-state index < -0.39 is 28.8 Å². The summed E-state index contributed by atoms with van der Waals surface area (Å²) in [7, 11) is 1.58. The van der Waals surface area contributed by atoms with Crippen molar-refractivity contribution < 1.29 is 64.6 Å². The number of fused-ring (bicyclic) bond motifs is 2. The Morgan fingerprint density at radius 1 is 1.14 bits per heavy atom. The van der Waals surface area contributed by atoms with E-state index >= 15 is 0 Å². The van der Waals surface area contributed by atoms with E-state index in [-0.39, 0.29) is 56.9 Å². The molecule has 110 valence electrons. The third-order valence-electron chi connectivity index (χ3n) is 5.24. The zero-order valence-electron chi connectivity index (χ0n) is 12.8. The first-order valence-electron chi connectivity index (χ1n) is 7.13. The summed E-state index contributed by atoms with van der Waals surface area (Å²) in [6.07, 6.45) is 2.70. The molecule has 0 spiro atoms. The topological polar surface area (TPSA) is 14.1 Å². The fraction of sp³-hybridized carbons (Fsp3) is 0.625. The van der Waals surface area contributed by atoms with Crippen LogP contribution in [0.3, 0.4) is 0 Å². The van der Waals surface area contributed by atoms with E-state index in [1.807, 2.05) is 0 Å². The van der Waals surface area contributed by atoms with Crippen LogP contribution in [-0.4, -0.2) is 12.7 Å². The minimum absolute atomic E-state index is 0. The van der Waals surface area contributed by atoms with E-state index in [0.29, 0.717) is 37.7 Å². The van der Waals surface area contributed by atoms with Crippen molar-refractivity contribution in [1.29, 1.82) is 0 Å². The van der Waals surface area contributed by atoms with Crippen molar-refractivity contribution >= 4 is 0 Å². The molecule has 21 heavy (non-hydrogen) atoms. The summed E-state index contributed by atoms with van der Waals surface area (Å²) in [6, 6.07) is 2.14. The molecule has 2 saturated carbocycles. The van der Waals surface area contributed by atoms with Crippen LogP contribution in [0.15, 0.2) is 12.1 Å². The maximum atomic E-state index is 14.4. The summed E-state index contributed by atoms with van der Waals surface area (Å²) in [5.41, 5.74) is -1.11. The quantitative estimate of drug-likeness (QED) is 0.756. The predicted molar refractivity (Wildman–Crippen MR) is 72.5 cm³/mol. The van der Waals surface area contributed by atoms with E-state index in [2.05, 4.69) is 5.32 Å². The van der Waals surface area contributed by atoms with Gasteiger partial charge in [0, 0.05) is 5.56 Å². The van der Waals surface area contributed by atoms with Crippen molar-refractivity contribution in [2.45, 2.75) is 50.7 Å². The Morgan fingerprint density at radius 3 is 2.24 bits per heavy atom. The Labute approximate surface area is 166 Å². The first-order chi connectivity index (χ1) is 9.41. The Bertz CT molecular complexity index is 539. The molecule has 0 saturated heterocycles. The molecule has 1 unspecified atom stereocenters. The fourth-order valence-corrected chi connectivity index (χ4v) is 4.19. The second-order valence-electron chi connectivity index (χ2n) is 6.44. The van der Waals surface area contributed by atoms with Gasteiger partial charge in [0.05, 0.1) is 0 Å². The zero-order valence-corrected chi connectivity index (χ0v) is 16.0. The van der Waals surface area contributed by atoms with Gasteiger partial charge >= 0.3 is 51.4 Å². The van der Waals surface area contributed by atoms with Crippen LogP contribution in [-0.2, 0) is 0 Å². The molecule has 2 aliphatic carbocycles. The smallest absolute Gasteiger partial charge is 0.658 e. The van der Waals surface area contributed by atoms with Crippen LogP contribution in [0.1, 0.15) is 49.3 Å². The van der Waals surface area contributed by atoms with Gasteiger partial charge in [0.15, 0.2) is 0 Å². The molecule has 0 aliphatic heterocycles. The second kappa shape index (κ2) is 6.25. The summed E-state index contributed by atoms with van der Waals surface area (Å²) >= 11 is 0. The van der Waals surface area contributed by atoms with Crippen molar-refractivity contribution in [3.63, 3.8) is 0 Å². The molecule has 2 fully saturated rings. The van der Waals surface area contributed by atoms with Crippen LogP contribution < -0.4 is 51.4 Å². The number of halogens is 3. The minimum Gasteiger partial charge on any atom is -0.658 e. The van der Waals surface area contributed by atoms with Crippen molar-refractivity contribution in [2.75, 3.05) is 7.05 Å². The average Bonchev–Trinajstić information content (AvgIpc) is 2.93. The Hall–Kier alpha value is 0.606. The molecule has 0 amide bonds. The Morgan fingerprint density at radius 2 is 1.76 bits per heavy atom. The van der Waals surface area contributed by atoms with Crippen molar-refractivity contribution in [3.05, 3.63) is 40.2 Å². The molecular weight excluding hydrogens is 302 g/mol. The van der Waals surface area contributed by atoms with Crippen LogP contribution in [0.2, 0.25) is 0 Å². The first-order valence-corrected chi connectivity index (χ1v) is 7.13. The van der Waals surface area contributed by atoms with Crippen LogP contribution in [0, 0.1) is 24.0 Å². The van der Waals surface area contributed by atoms with Crippen molar-refractivity contribution in [2.24, 2.45) is 5.41 Å². The van der Waals surface area contributed by atoms with Gasteiger partial charge in [0.2, 0.25) is 0 Å². The van der Waals surface area contributed by atoms with E-state index in [4.69, 9.17) is 0 Å². The molecule has 1 aromatic rings. The first kappa shape index (κ1) is 18.0. The molecule has 0 heterocycles. The number of benzene rings is 1. The molecule has 0 radical (unpaired) electrons. The van der Waals surface area contributed by atoms with Gasteiger partial charge in [-0.15, -0.1) is 0 Å². The Kier molecular flexibility index (Phi) is 5.34. The maximum absolute atomic E-state index is 14.4. The molecule has 3 rings (SSSR count). The van der Waals surface area contributed by atoms with E-state index in [0.717, 1.165) is 0 Å². The summed E-state index contributed by atoms with van der Waals surface area (Å²) in [6.45, 7) is 1.62. The summed E-state index contributed by atoms with van der Waals surface area (Å²) < 4.78 is 42.9. The molecule has 2 bridgehead atoms. The average molecular weight is 321 g/mol. The molecule has 2 aliphatic rings. The van der Waals surface area contributed by atoms with Gasteiger partial charge in [0.1, 0.15) is 17.3 Å². The SMILES string of the molecule is C[N-]C(c1c(F)ccc(C)c1F)C12CCC(F)(CC1)C2.[K+]. The zero-order chi connectivity index (χ0) is 14.5. The molecule has 1 nitrogen and oxygen atoms in total. The number of nitrogens with zero attached hydrogens (tertiary/aromatic N) is 1. The molecule has 0 aromatic heterocycles. The molecule has 5 heteroatoms. The number of aryl methyl sites for hydroxylation is 1. The maximum Gasteiger partial charge on any atom is 1.00 e. The largest absolute Gasteiger partial charge is 1.00 e. The number of alkyl halides is 1. The van der Waals surface area contributed by atoms with Crippen molar-refractivity contribution in [1.82, 2.24) is 0 Å². The molecular formula is C16H19F3KN. The van der Waals surface area contributed by atoms with Crippen LogP contribution in [0.4, 0.5) is 13.2 Å². The normalized spacial score (nSPS) is 32.0. The van der Waals surface area contributed by atoms with Crippen molar-refractivity contribution in [3.8, 4) is 0 Å². The van der Waals surface area contributed by atoms with Crippen LogP contribution in [0.5, 0.6) is 0 Å². The predicted octanol–water partition coefficient (Wildman–Crippen LogP) is 1.99. The third kappa shape index (κ3) is 2.90. The number of hydrogen-bond acceptors (Lipinski definition) is 0. The van der Waals surface area contributed by atoms with Gasteiger partial charge in [-0.3, -0.25) is 0 Å². The van der Waals surface area contributed by atoms with Gasteiger partial charge in [0.25, 0.3) is 0 Å². The second-order valence-corrected chi connectivity index (χ2v) is 6.44. The van der Waals surface area contributed by atoms with Crippen LogP contribution in [0.25, 0.3) is 5.32 Å². The van der Waals surface area contributed by atoms with Gasteiger partial charge < -0.3 is 5.32 Å². The van der Waals surface area contributed by atoms with Gasteiger partial charge in [-0.1, -0.05) is 12.1 Å². The van der Waals surface area contributed by atoms with E-state index in [9.17, 15) is 13.2 Å². The summed E-state index contributed by atoms with van der Waals surface area (Å²) in [5.74, 6) is -1.10. The van der Waals surface area contributed by atoms with Gasteiger partial charge in [-0.2, -0.15) is 7.05 Å². The standard InChI is InChI=1S/C16H19F3N.K/c1-10-3-4-11(17)12(13(10)18)14(20-2)15-5-7-16(19,9-15)8-6-15;/h3-4,14H,5-9H2,1-2H3;/q-1;+1. The monoisotopic (exact) mass is 321 g/mol. The number of rotatable bonds is 3. The number of hydrogen-bond donors (Lipinski definition) is 0. The van der Waals surface area contributed by atoms with Gasteiger partial charge in [-0.25, -0.2) is 13.2 Å². The summed E-state index contributed by atoms with van der Waals surface area (Å²) in [4.78, 5) is 0. The third-order valence-corrected chi connectivity index (χ3v) is 5.24. The van der Waals surface area contributed by atoms with E-state index in [1.54, 1.807) is 14.0 Å². The van der Waals surface area contributed by atoms with Gasteiger partial charge in [-0.05, 0) is 56.1 Å². The van der Waals surface area contributed by atoms with Crippen LogP contribution >= 0.6 is 0 Å². The van der Waals surface area contributed by atoms with E-state index in [1.165, 1.54) is 12.1 Å².